The highest BCUT2D eigenvalue weighted by Gasteiger charge is 2.45. The number of benzene rings is 1. The molecule has 1 fully saturated rings. The van der Waals surface area contributed by atoms with E-state index in [0.29, 0.717) is 12.2 Å². The zero-order chi connectivity index (χ0) is 21.9. The van der Waals surface area contributed by atoms with Crippen molar-refractivity contribution >= 4 is 11.7 Å². The molecule has 1 aromatic carbocycles. The van der Waals surface area contributed by atoms with E-state index in [1.807, 2.05) is 13.8 Å². The van der Waals surface area contributed by atoms with Gasteiger partial charge in [0, 0.05) is 24.8 Å². The lowest BCUT2D eigenvalue weighted by molar-refractivity contribution is -0.304. The minimum Gasteiger partial charge on any atom is -0.406 e. The molecule has 1 aliphatic heterocycles. The summed E-state index contributed by atoms with van der Waals surface area (Å²) in [7, 11) is 0. The number of hydrogen-bond acceptors (Lipinski definition) is 5. The molecule has 29 heavy (non-hydrogen) atoms. The van der Waals surface area contributed by atoms with Gasteiger partial charge in [-0.3, -0.25) is 9.59 Å². The number of ketones is 1. The Morgan fingerprint density at radius 2 is 1.79 bits per heavy atom. The molecule has 1 N–H and O–H groups in total. The molecule has 1 aliphatic rings. The first-order valence-corrected chi connectivity index (χ1v) is 9.23. The highest BCUT2D eigenvalue weighted by atomic mass is 19.4. The fraction of sp³-hybridized carbons (Fsp3) is 0.600. The van der Waals surface area contributed by atoms with Crippen LogP contribution in [0.1, 0.15) is 39.7 Å². The van der Waals surface area contributed by atoms with Gasteiger partial charge in [0.1, 0.15) is 17.6 Å². The Hall–Kier alpha value is -2.13. The third-order valence-electron chi connectivity index (χ3n) is 4.40. The second kappa shape index (κ2) is 8.71. The van der Waals surface area contributed by atoms with Crippen molar-refractivity contribution in [3.63, 3.8) is 0 Å². The monoisotopic (exact) mass is 417 g/mol. The van der Waals surface area contributed by atoms with E-state index in [2.05, 4.69) is 10.1 Å². The number of halogens is 3. The summed E-state index contributed by atoms with van der Waals surface area (Å²) in [6.45, 7) is 7.71. The summed E-state index contributed by atoms with van der Waals surface area (Å²) in [5.41, 5.74) is 0.0515. The van der Waals surface area contributed by atoms with Crippen LogP contribution in [0.5, 0.6) is 5.75 Å². The van der Waals surface area contributed by atoms with Crippen LogP contribution in [0, 0.1) is 5.41 Å². The van der Waals surface area contributed by atoms with E-state index >= 15 is 0 Å². The quantitative estimate of drug-likeness (QED) is 0.736. The van der Waals surface area contributed by atoms with Gasteiger partial charge in [-0.15, -0.1) is 13.2 Å². The third kappa shape index (κ3) is 7.32. The van der Waals surface area contributed by atoms with Crippen LogP contribution in [-0.2, 0) is 25.5 Å². The Labute approximate surface area is 167 Å². The molecule has 1 amide bonds. The first kappa shape index (κ1) is 23.2. The SMILES string of the molecule is CC1(C)OCC(C)(C)C(C(=O)NCCC(=O)Cc2ccc(OC(F)(F)F)cc2)O1. The second-order valence-electron chi connectivity index (χ2n) is 8.12. The van der Waals surface area contributed by atoms with Crippen molar-refractivity contribution in [2.45, 2.75) is 58.8 Å². The van der Waals surface area contributed by atoms with Gasteiger partial charge in [0.2, 0.25) is 5.91 Å². The molecule has 0 spiro atoms. The summed E-state index contributed by atoms with van der Waals surface area (Å²) >= 11 is 0. The Bertz CT molecular complexity index is 729. The van der Waals surface area contributed by atoms with E-state index in [-0.39, 0.29) is 36.8 Å². The molecular weight excluding hydrogens is 391 g/mol. The molecule has 1 aromatic rings. The highest BCUT2D eigenvalue weighted by molar-refractivity contribution is 5.84. The van der Waals surface area contributed by atoms with E-state index in [1.54, 1.807) is 13.8 Å². The van der Waals surface area contributed by atoms with Gasteiger partial charge < -0.3 is 19.5 Å². The standard InChI is InChI=1S/C20H26F3NO5/c1-18(2)12-27-19(3,4)29-16(18)17(26)24-10-9-14(25)11-13-5-7-15(8-6-13)28-20(21,22)23/h5-8,16H,9-12H2,1-4H3,(H,24,26). The predicted octanol–water partition coefficient (Wildman–Crippen LogP) is 3.38. The van der Waals surface area contributed by atoms with Crippen LogP contribution in [-0.4, -0.2) is 43.1 Å². The van der Waals surface area contributed by atoms with Crippen LogP contribution in [0.2, 0.25) is 0 Å². The molecular formula is C20H26F3NO5. The van der Waals surface area contributed by atoms with E-state index in [4.69, 9.17) is 9.47 Å². The van der Waals surface area contributed by atoms with Crippen LogP contribution in [0.4, 0.5) is 13.2 Å². The van der Waals surface area contributed by atoms with Gasteiger partial charge in [-0.05, 0) is 31.5 Å². The van der Waals surface area contributed by atoms with Crippen LogP contribution in [0.25, 0.3) is 0 Å². The van der Waals surface area contributed by atoms with Gasteiger partial charge in [0.15, 0.2) is 5.79 Å². The van der Waals surface area contributed by atoms with Gasteiger partial charge in [0.25, 0.3) is 0 Å². The second-order valence-corrected chi connectivity index (χ2v) is 8.12. The smallest absolute Gasteiger partial charge is 0.406 e. The molecule has 0 saturated carbocycles. The molecule has 0 aliphatic carbocycles. The van der Waals surface area contributed by atoms with Gasteiger partial charge >= 0.3 is 6.36 Å². The summed E-state index contributed by atoms with van der Waals surface area (Å²) in [5, 5.41) is 2.71. The number of Topliss-reactive ketones (excluding diaryl/α,β-unsaturated/α-hetero) is 1. The van der Waals surface area contributed by atoms with Crippen LogP contribution in [0.15, 0.2) is 24.3 Å². The molecule has 1 saturated heterocycles. The number of alkyl halides is 3. The third-order valence-corrected chi connectivity index (χ3v) is 4.40. The fourth-order valence-corrected chi connectivity index (χ4v) is 2.86. The molecule has 0 bridgehead atoms. The van der Waals surface area contributed by atoms with Crippen molar-refractivity contribution in [2.24, 2.45) is 5.41 Å². The Morgan fingerprint density at radius 3 is 2.38 bits per heavy atom. The van der Waals surface area contributed by atoms with Crippen LogP contribution in [0.3, 0.4) is 0 Å². The Kier molecular flexibility index (Phi) is 6.95. The van der Waals surface area contributed by atoms with Gasteiger partial charge in [0.05, 0.1) is 6.61 Å². The van der Waals surface area contributed by atoms with Gasteiger partial charge in [-0.2, -0.15) is 0 Å². The summed E-state index contributed by atoms with van der Waals surface area (Å²) < 4.78 is 51.6. The lowest BCUT2D eigenvalue weighted by Gasteiger charge is -2.44. The summed E-state index contributed by atoms with van der Waals surface area (Å²) in [5.74, 6) is -1.67. The topological polar surface area (TPSA) is 73.9 Å². The fourth-order valence-electron chi connectivity index (χ4n) is 2.86. The number of ether oxygens (including phenoxy) is 3. The number of rotatable bonds is 7. The molecule has 162 valence electrons. The maximum atomic E-state index is 12.5. The highest BCUT2D eigenvalue weighted by Crippen LogP contribution is 2.34. The van der Waals surface area contributed by atoms with Crippen LogP contribution < -0.4 is 10.1 Å². The van der Waals surface area contributed by atoms with Crippen molar-refractivity contribution in [3.8, 4) is 5.75 Å². The largest absolute Gasteiger partial charge is 0.573 e. The first-order valence-electron chi connectivity index (χ1n) is 9.23. The number of hydrogen-bond donors (Lipinski definition) is 1. The molecule has 2 rings (SSSR count). The zero-order valence-corrected chi connectivity index (χ0v) is 16.9. The van der Waals surface area contributed by atoms with E-state index in [0.717, 1.165) is 12.1 Å². The molecule has 1 heterocycles. The van der Waals surface area contributed by atoms with Gasteiger partial charge in [-0.1, -0.05) is 26.0 Å². The summed E-state index contributed by atoms with van der Waals surface area (Å²) in [6.07, 6.45) is -5.32. The zero-order valence-electron chi connectivity index (χ0n) is 16.9. The number of amides is 1. The maximum Gasteiger partial charge on any atom is 0.573 e. The Morgan fingerprint density at radius 1 is 1.17 bits per heavy atom. The van der Waals surface area contributed by atoms with E-state index < -0.39 is 23.7 Å². The maximum absolute atomic E-state index is 12.5. The van der Waals surface area contributed by atoms with Crippen molar-refractivity contribution in [1.29, 1.82) is 0 Å². The number of carbonyl (C=O) groups is 2. The molecule has 0 radical (unpaired) electrons. The van der Waals surface area contributed by atoms with Gasteiger partial charge in [-0.25, -0.2) is 0 Å². The van der Waals surface area contributed by atoms with E-state index in [9.17, 15) is 22.8 Å². The number of carbonyl (C=O) groups excluding carboxylic acids is 2. The summed E-state index contributed by atoms with van der Waals surface area (Å²) in [4.78, 5) is 24.6. The lowest BCUT2D eigenvalue weighted by atomic mass is 9.85. The van der Waals surface area contributed by atoms with Crippen molar-refractivity contribution in [2.75, 3.05) is 13.2 Å². The van der Waals surface area contributed by atoms with Crippen LogP contribution >= 0.6 is 0 Å². The average molecular weight is 417 g/mol. The first-order chi connectivity index (χ1) is 13.3. The lowest BCUT2D eigenvalue weighted by Crippen LogP contribution is -2.56. The Balaban J connectivity index is 1.80. The van der Waals surface area contributed by atoms with Crippen molar-refractivity contribution in [3.05, 3.63) is 29.8 Å². The molecule has 1 atom stereocenters. The molecule has 0 aromatic heterocycles. The normalized spacial score (nSPS) is 20.7. The molecule has 6 nitrogen and oxygen atoms in total. The van der Waals surface area contributed by atoms with Crippen molar-refractivity contribution < 1.29 is 37.0 Å². The number of nitrogens with one attached hydrogen (secondary N) is 1. The van der Waals surface area contributed by atoms with Crippen molar-refractivity contribution in [1.82, 2.24) is 5.32 Å². The average Bonchev–Trinajstić information content (AvgIpc) is 2.58. The predicted molar refractivity (Wildman–Crippen MR) is 98.1 cm³/mol. The molecule has 9 heteroatoms. The minimum atomic E-state index is -4.76. The molecule has 1 unspecified atom stereocenters. The van der Waals surface area contributed by atoms with E-state index in [1.165, 1.54) is 12.1 Å². The minimum absolute atomic E-state index is 0.0501. The summed E-state index contributed by atoms with van der Waals surface area (Å²) in [6, 6.07) is 5.12.